The minimum Gasteiger partial charge on any atom is -0.378 e. The molecule has 19 heavy (non-hydrogen) atoms. The fourth-order valence-electron chi connectivity index (χ4n) is 3.50. The van der Waals surface area contributed by atoms with E-state index in [1.165, 1.54) is 50.3 Å². The first-order valence-corrected chi connectivity index (χ1v) is 7.36. The zero-order valence-electron chi connectivity index (χ0n) is 12.2. The molecule has 104 valence electrons. The van der Waals surface area contributed by atoms with Crippen LogP contribution in [-0.4, -0.2) is 45.2 Å². The zero-order valence-corrected chi connectivity index (χ0v) is 12.2. The van der Waals surface area contributed by atoms with E-state index in [0.717, 1.165) is 6.54 Å². The summed E-state index contributed by atoms with van der Waals surface area (Å²) in [4.78, 5) is 4.80. The van der Waals surface area contributed by atoms with Crippen molar-refractivity contribution in [1.29, 1.82) is 0 Å². The molecule has 2 aliphatic rings. The SMILES string of the molecule is CN(C)c1cccc(CN2CCC3(CCNC3)C2)c1. The van der Waals surface area contributed by atoms with Gasteiger partial charge in [0.05, 0.1) is 0 Å². The highest BCUT2D eigenvalue weighted by molar-refractivity contribution is 5.47. The van der Waals surface area contributed by atoms with E-state index in [9.17, 15) is 0 Å². The third-order valence-electron chi connectivity index (χ3n) is 4.68. The Morgan fingerprint density at radius 1 is 1.32 bits per heavy atom. The van der Waals surface area contributed by atoms with Crippen molar-refractivity contribution in [3.05, 3.63) is 29.8 Å². The Balaban J connectivity index is 1.64. The van der Waals surface area contributed by atoms with Crippen LogP contribution in [0.15, 0.2) is 24.3 Å². The number of nitrogens with zero attached hydrogens (tertiary/aromatic N) is 2. The van der Waals surface area contributed by atoms with Crippen LogP contribution in [0.2, 0.25) is 0 Å². The lowest BCUT2D eigenvalue weighted by atomic mass is 9.86. The molecule has 0 radical (unpaired) electrons. The van der Waals surface area contributed by atoms with E-state index in [2.05, 4.69) is 53.5 Å². The van der Waals surface area contributed by atoms with Crippen LogP contribution in [0.4, 0.5) is 5.69 Å². The number of likely N-dealkylation sites (tertiary alicyclic amines) is 1. The molecule has 2 fully saturated rings. The molecule has 0 amide bonds. The Labute approximate surface area is 116 Å². The minimum atomic E-state index is 0.582. The largest absolute Gasteiger partial charge is 0.378 e. The topological polar surface area (TPSA) is 18.5 Å². The van der Waals surface area contributed by atoms with Gasteiger partial charge in [-0.1, -0.05) is 12.1 Å². The summed E-state index contributed by atoms with van der Waals surface area (Å²) in [7, 11) is 4.21. The van der Waals surface area contributed by atoms with Crippen LogP contribution in [0, 0.1) is 5.41 Å². The Hall–Kier alpha value is -1.06. The molecule has 3 rings (SSSR count). The number of anilines is 1. The van der Waals surface area contributed by atoms with Gasteiger partial charge in [-0.25, -0.2) is 0 Å². The maximum atomic E-state index is 3.53. The number of rotatable bonds is 3. The van der Waals surface area contributed by atoms with Crippen LogP contribution in [0.5, 0.6) is 0 Å². The lowest BCUT2D eigenvalue weighted by molar-refractivity contribution is 0.268. The fraction of sp³-hybridized carbons (Fsp3) is 0.625. The van der Waals surface area contributed by atoms with Gasteiger partial charge in [0, 0.05) is 39.4 Å². The highest BCUT2D eigenvalue weighted by Gasteiger charge is 2.39. The van der Waals surface area contributed by atoms with E-state index in [4.69, 9.17) is 0 Å². The van der Waals surface area contributed by atoms with Crippen LogP contribution in [-0.2, 0) is 6.54 Å². The van der Waals surface area contributed by atoms with Gasteiger partial charge in [-0.3, -0.25) is 4.90 Å². The van der Waals surface area contributed by atoms with Crippen molar-refractivity contribution in [1.82, 2.24) is 10.2 Å². The third-order valence-corrected chi connectivity index (χ3v) is 4.68. The van der Waals surface area contributed by atoms with Crippen molar-refractivity contribution < 1.29 is 0 Å². The van der Waals surface area contributed by atoms with E-state index < -0.39 is 0 Å². The zero-order chi connectivity index (χ0) is 13.3. The lowest BCUT2D eigenvalue weighted by Gasteiger charge is -2.23. The van der Waals surface area contributed by atoms with Gasteiger partial charge in [0.15, 0.2) is 0 Å². The molecule has 2 aliphatic heterocycles. The number of benzene rings is 1. The summed E-state index contributed by atoms with van der Waals surface area (Å²) in [5.74, 6) is 0. The molecule has 1 aromatic carbocycles. The van der Waals surface area contributed by atoms with Crippen LogP contribution in [0.1, 0.15) is 18.4 Å². The number of hydrogen-bond donors (Lipinski definition) is 1. The summed E-state index contributed by atoms with van der Waals surface area (Å²) < 4.78 is 0. The summed E-state index contributed by atoms with van der Waals surface area (Å²) >= 11 is 0. The van der Waals surface area contributed by atoms with Gasteiger partial charge in [-0.15, -0.1) is 0 Å². The van der Waals surface area contributed by atoms with Crippen LogP contribution < -0.4 is 10.2 Å². The fourth-order valence-corrected chi connectivity index (χ4v) is 3.50. The second-order valence-electron chi connectivity index (χ2n) is 6.45. The molecular weight excluding hydrogens is 234 g/mol. The summed E-state index contributed by atoms with van der Waals surface area (Å²) in [5, 5.41) is 3.53. The maximum absolute atomic E-state index is 3.53. The van der Waals surface area contributed by atoms with Gasteiger partial charge in [-0.05, 0) is 49.0 Å². The highest BCUT2D eigenvalue weighted by atomic mass is 15.2. The smallest absolute Gasteiger partial charge is 0.0364 e. The normalized spacial score (nSPS) is 27.3. The molecule has 0 aliphatic carbocycles. The average molecular weight is 259 g/mol. The lowest BCUT2D eigenvalue weighted by Crippen LogP contribution is -2.29. The summed E-state index contributed by atoms with van der Waals surface area (Å²) in [6, 6.07) is 8.92. The number of nitrogens with one attached hydrogen (secondary N) is 1. The van der Waals surface area contributed by atoms with Crippen LogP contribution in [0.25, 0.3) is 0 Å². The first-order valence-electron chi connectivity index (χ1n) is 7.36. The molecule has 0 aromatic heterocycles. The number of hydrogen-bond acceptors (Lipinski definition) is 3. The quantitative estimate of drug-likeness (QED) is 0.895. The van der Waals surface area contributed by atoms with Crippen molar-refractivity contribution in [2.45, 2.75) is 19.4 Å². The molecule has 2 saturated heterocycles. The van der Waals surface area contributed by atoms with Gasteiger partial charge in [0.25, 0.3) is 0 Å². The second kappa shape index (κ2) is 5.14. The van der Waals surface area contributed by atoms with Gasteiger partial charge in [0.1, 0.15) is 0 Å². The molecule has 0 bridgehead atoms. The predicted molar refractivity (Wildman–Crippen MR) is 80.6 cm³/mol. The van der Waals surface area contributed by atoms with E-state index in [0.29, 0.717) is 5.41 Å². The van der Waals surface area contributed by atoms with Crippen LogP contribution >= 0.6 is 0 Å². The minimum absolute atomic E-state index is 0.582. The molecule has 3 nitrogen and oxygen atoms in total. The molecule has 0 saturated carbocycles. The molecule has 2 heterocycles. The first kappa shape index (κ1) is 12.9. The Morgan fingerprint density at radius 3 is 2.95 bits per heavy atom. The Bertz CT molecular complexity index is 435. The first-order chi connectivity index (χ1) is 9.17. The van der Waals surface area contributed by atoms with Crippen molar-refractivity contribution in [2.24, 2.45) is 5.41 Å². The van der Waals surface area contributed by atoms with Crippen LogP contribution in [0.3, 0.4) is 0 Å². The van der Waals surface area contributed by atoms with Gasteiger partial charge >= 0.3 is 0 Å². The van der Waals surface area contributed by atoms with E-state index in [1.807, 2.05) is 0 Å². The molecule has 1 N–H and O–H groups in total. The van der Waals surface area contributed by atoms with Crippen molar-refractivity contribution in [3.8, 4) is 0 Å². The van der Waals surface area contributed by atoms with Gasteiger partial charge in [-0.2, -0.15) is 0 Å². The molecule has 1 aromatic rings. The van der Waals surface area contributed by atoms with E-state index in [1.54, 1.807) is 0 Å². The van der Waals surface area contributed by atoms with Crippen molar-refractivity contribution in [3.63, 3.8) is 0 Å². The molecule has 3 heteroatoms. The van der Waals surface area contributed by atoms with E-state index in [-0.39, 0.29) is 0 Å². The summed E-state index contributed by atoms with van der Waals surface area (Å²) in [6.07, 6.45) is 2.73. The second-order valence-corrected chi connectivity index (χ2v) is 6.45. The molecule has 1 unspecified atom stereocenters. The Kier molecular flexibility index (Phi) is 3.50. The average Bonchev–Trinajstić information content (AvgIpc) is 3.01. The molecular formula is C16H25N3. The van der Waals surface area contributed by atoms with Crippen molar-refractivity contribution >= 4 is 5.69 Å². The molecule has 1 spiro atoms. The predicted octanol–water partition coefficient (Wildman–Crippen LogP) is 1.94. The van der Waals surface area contributed by atoms with Gasteiger partial charge < -0.3 is 10.2 Å². The third kappa shape index (κ3) is 2.77. The van der Waals surface area contributed by atoms with E-state index >= 15 is 0 Å². The standard InChI is InChI=1S/C16H25N3/c1-18(2)15-5-3-4-14(10-15)11-19-9-7-16(13-19)6-8-17-12-16/h3-5,10,17H,6-9,11-13H2,1-2H3. The van der Waals surface area contributed by atoms with Crippen molar-refractivity contribution in [2.75, 3.05) is 45.2 Å². The van der Waals surface area contributed by atoms with Gasteiger partial charge in [0.2, 0.25) is 0 Å². The monoisotopic (exact) mass is 259 g/mol. The highest BCUT2D eigenvalue weighted by Crippen LogP contribution is 2.36. The summed E-state index contributed by atoms with van der Waals surface area (Å²) in [6.45, 7) is 6.06. The summed E-state index contributed by atoms with van der Waals surface area (Å²) in [5.41, 5.74) is 3.32. The molecule has 1 atom stereocenters. The Morgan fingerprint density at radius 2 is 2.21 bits per heavy atom. The maximum Gasteiger partial charge on any atom is 0.0364 e.